The number of benzene rings is 1. The zero-order chi connectivity index (χ0) is 16.1. The van der Waals surface area contributed by atoms with Crippen LogP contribution < -0.4 is 5.32 Å². The van der Waals surface area contributed by atoms with Gasteiger partial charge in [0.15, 0.2) is 0 Å². The molecule has 0 aliphatic rings. The van der Waals surface area contributed by atoms with E-state index in [0.29, 0.717) is 6.42 Å². The van der Waals surface area contributed by atoms with E-state index in [2.05, 4.69) is 10.3 Å². The van der Waals surface area contributed by atoms with Crippen LogP contribution in [0.15, 0.2) is 35.7 Å². The summed E-state index contributed by atoms with van der Waals surface area (Å²) in [6.07, 6.45) is 0.658. The fourth-order valence-corrected chi connectivity index (χ4v) is 2.80. The van der Waals surface area contributed by atoms with Crippen LogP contribution >= 0.6 is 11.3 Å². The molecule has 2 aromatic rings. The van der Waals surface area contributed by atoms with Crippen LogP contribution in [0.3, 0.4) is 0 Å². The van der Waals surface area contributed by atoms with Crippen molar-refractivity contribution in [1.82, 2.24) is 10.3 Å². The van der Waals surface area contributed by atoms with E-state index in [-0.39, 0.29) is 11.6 Å². The van der Waals surface area contributed by atoms with Crippen molar-refractivity contribution in [3.8, 4) is 0 Å². The van der Waals surface area contributed by atoms with Crippen molar-refractivity contribution < 1.29 is 14.7 Å². The number of aliphatic carboxylic acids is 1. The van der Waals surface area contributed by atoms with Gasteiger partial charge in [-0.05, 0) is 11.5 Å². The van der Waals surface area contributed by atoms with Gasteiger partial charge in [0.1, 0.15) is 11.7 Å². The van der Waals surface area contributed by atoms with Crippen LogP contribution in [0.4, 0.5) is 0 Å². The third-order valence-corrected chi connectivity index (χ3v) is 4.05. The SMILES string of the molecule is CC(C)[C@H](NC(=O)c1csc(Cc2ccccc2)n1)C(=O)O. The second-order valence-corrected chi connectivity index (χ2v) is 6.26. The first-order chi connectivity index (χ1) is 10.5. The van der Waals surface area contributed by atoms with Crippen molar-refractivity contribution in [2.45, 2.75) is 26.3 Å². The lowest BCUT2D eigenvalue weighted by Gasteiger charge is -2.16. The van der Waals surface area contributed by atoms with E-state index in [9.17, 15) is 9.59 Å². The molecule has 0 spiro atoms. The molecule has 1 atom stereocenters. The van der Waals surface area contributed by atoms with Crippen LogP contribution in [0.2, 0.25) is 0 Å². The molecule has 0 unspecified atom stereocenters. The molecule has 1 aromatic heterocycles. The maximum Gasteiger partial charge on any atom is 0.326 e. The standard InChI is InChI=1S/C16H18N2O3S/c1-10(2)14(16(20)21)18-15(19)12-9-22-13(17-12)8-11-6-4-3-5-7-11/h3-7,9-10,14H,8H2,1-2H3,(H,18,19)(H,20,21)/t14-/m0/s1. The summed E-state index contributed by atoms with van der Waals surface area (Å²) in [6, 6.07) is 8.95. The number of carboxylic acid groups (broad SMARTS) is 1. The molecule has 0 bridgehead atoms. The number of rotatable bonds is 6. The van der Waals surface area contributed by atoms with Gasteiger partial charge in [-0.3, -0.25) is 4.79 Å². The van der Waals surface area contributed by atoms with Crippen molar-refractivity contribution in [2.24, 2.45) is 5.92 Å². The third kappa shape index (κ3) is 4.14. The summed E-state index contributed by atoms with van der Waals surface area (Å²) in [5, 5.41) is 14.1. The van der Waals surface area contributed by atoms with Crippen molar-refractivity contribution in [3.05, 3.63) is 52.0 Å². The summed E-state index contributed by atoms with van der Waals surface area (Å²) >= 11 is 1.40. The predicted molar refractivity (Wildman–Crippen MR) is 85.1 cm³/mol. The Balaban J connectivity index is 2.04. The Morgan fingerprint density at radius 3 is 2.55 bits per heavy atom. The zero-order valence-electron chi connectivity index (χ0n) is 12.4. The van der Waals surface area contributed by atoms with Crippen molar-refractivity contribution in [1.29, 1.82) is 0 Å². The highest BCUT2D eigenvalue weighted by atomic mass is 32.1. The second kappa shape index (κ2) is 7.17. The summed E-state index contributed by atoms with van der Waals surface area (Å²) in [5.41, 5.74) is 1.39. The molecule has 0 aliphatic heterocycles. The number of carbonyl (C=O) groups excluding carboxylic acids is 1. The maximum atomic E-state index is 12.1. The van der Waals surface area contributed by atoms with Gasteiger partial charge < -0.3 is 10.4 Å². The van der Waals surface area contributed by atoms with Crippen molar-refractivity contribution in [3.63, 3.8) is 0 Å². The number of carbonyl (C=O) groups is 2. The zero-order valence-corrected chi connectivity index (χ0v) is 13.3. The van der Waals surface area contributed by atoms with Crippen LogP contribution in [-0.4, -0.2) is 28.0 Å². The first-order valence-corrected chi connectivity index (χ1v) is 7.87. The van der Waals surface area contributed by atoms with Crippen LogP contribution in [0.5, 0.6) is 0 Å². The molecule has 22 heavy (non-hydrogen) atoms. The van der Waals surface area contributed by atoms with Crippen LogP contribution in [0, 0.1) is 5.92 Å². The van der Waals surface area contributed by atoms with E-state index in [1.807, 2.05) is 30.3 Å². The number of aromatic nitrogens is 1. The number of nitrogens with one attached hydrogen (secondary N) is 1. The molecular weight excluding hydrogens is 300 g/mol. The number of nitrogens with zero attached hydrogens (tertiary/aromatic N) is 1. The smallest absolute Gasteiger partial charge is 0.326 e. The van der Waals surface area contributed by atoms with Crippen molar-refractivity contribution >= 4 is 23.2 Å². The number of amides is 1. The van der Waals surface area contributed by atoms with Gasteiger partial charge in [-0.2, -0.15) is 0 Å². The highest BCUT2D eigenvalue weighted by molar-refractivity contribution is 7.09. The Morgan fingerprint density at radius 1 is 1.27 bits per heavy atom. The lowest BCUT2D eigenvalue weighted by molar-refractivity contribution is -0.140. The van der Waals surface area contributed by atoms with Crippen LogP contribution in [-0.2, 0) is 11.2 Å². The maximum absolute atomic E-state index is 12.1. The van der Waals surface area contributed by atoms with Crippen LogP contribution in [0.25, 0.3) is 0 Å². The lowest BCUT2D eigenvalue weighted by Crippen LogP contribution is -2.44. The second-order valence-electron chi connectivity index (χ2n) is 5.32. The van der Waals surface area contributed by atoms with E-state index in [0.717, 1.165) is 10.6 Å². The van der Waals surface area contributed by atoms with E-state index in [1.54, 1.807) is 19.2 Å². The van der Waals surface area contributed by atoms with Crippen LogP contribution in [0.1, 0.15) is 34.9 Å². The van der Waals surface area contributed by atoms with Gasteiger partial charge in [-0.1, -0.05) is 44.2 Å². The topological polar surface area (TPSA) is 79.3 Å². The Hall–Kier alpha value is -2.21. The van der Waals surface area contributed by atoms with Gasteiger partial charge >= 0.3 is 5.97 Å². The van der Waals surface area contributed by atoms with Gasteiger partial charge in [0.05, 0.1) is 5.01 Å². The highest BCUT2D eigenvalue weighted by Crippen LogP contribution is 2.15. The van der Waals surface area contributed by atoms with E-state index in [4.69, 9.17) is 5.11 Å². The summed E-state index contributed by atoms with van der Waals surface area (Å²) < 4.78 is 0. The molecule has 0 fully saturated rings. The molecular formula is C16H18N2O3S. The summed E-state index contributed by atoms with van der Waals surface area (Å²) in [4.78, 5) is 27.5. The monoisotopic (exact) mass is 318 g/mol. The fraction of sp³-hybridized carbons (Fsp3) is 0.312. The molecule has 0 saturated heterocycles. The first-order valence-electron chi connectivity index (χ1n) is 6.99. The average molecular weight is 318 g/mol. The number of thiazole rings is 1. The molecule has 1 aromatic carbocycles. The molecule has 1 amide bonds. The van der Waals surface area contributed by atoms with E-state index >= 15 is 0 Å². The van der Waals surface area contributed by atoms with Gasteiger partial charge in [0.25, 0.3) is 5.91 Å². The Morgan fingerprint density at radius 2 is 1.95 bits per heavy atom. The quantitative estimate of drug-likeness (QED) is 0.858. The molecule has 116 valence electrons. The van der Waals surface area contributed by atoms with E-state index < -0.39 is 17.9 Å². The minimum absolute atomic E-state index is 0.191. The van der Waals surface area contributed by atoms with Gasteiger partial charge in [-0.15, -0.1) is 11.3 Å². The number of hydrogen-bond acceptors (Lipinski definition) is 4. The van der Waals surface area contributed by atoms with Gasteiger partial charge in [0, 0.05) is 11.8 Å². The molecule has 0 aliphatic carbocycles. The minimum atomic E-state index is -1.04. The Kier molecular flexibility index (Phi) is 5.27. The molecule has 5 nitrogen and oxygen atoms in total. The molecule has 0 radical (unpaired) electrons. The number of hydrogen-bond donors (Lipinski definition) is 2. The summed E-state index contributed by atoms with van der Waals surface area (Å²) in [5.74, 6) is -1.68. The van der Waals surface area contributed by atoms with E-state index in [1.165, 1.54) is 11.3 Å². The normalized spacial score (nSPS) is 12.1. The average Bonchev–Trinajstić information content (AvgIpc) is 2.93. The third-order valence-electron chi connectivity index (χ3n) is 3.20. The molecule has 2 rings (SSSR count). The summed E-state index contributed by atoms with van der Waals surface area (Å²) in [6.45, 7) is 3.50. The molecule has 2 N–H and O–H groups in total. The van der Waals surface area contributed by atoms with Gasteiger partial charge in [0.2, 0.25) is 0 Å². The largest absolute Gasteiger partial charge is 0.480 e. The molecule has 1 heterocycles. The fourth-order valence-electron chi connectivity index (χ4n) is 2.00. The predicted octanol–water partition coefficient (Wildman–Crippen LogP) is 2.57. The minimum Gasteiger partial charge on any atom is -0.480 e. The molecule has 0 saturated carbocycles. The Bertz CT molecular complexity index is 652. The highest BCUT2D eigenvalue weighted by Gasteiger charge is 2.24. The molecule has 6 heteroatoms. The summed E-state index contributed by atoms with van der Waals surface area (Å²) in [7, 11) is 0. The lowest BCUT2D eigenvalue weighted by atomic mass is 10.0. The Labute approximate surface area is 133 Å². The number of carboxylic acids is 1. The first kappa shape index (κ1) is 16.2. The van der Waals surface area contributed by atoms with Gasteiger partial charge in [-0.25, -0.2) is 9.78 Å². The van der Waals surface area contributed by atoms with Crippen molar-refractivity contribution in [2.75, 3.05) is 0 Å².